The van der Waals surface area contributed by atoms with E-state index in [0.29, 0.717) is 12.5 Å². The van der Waals surface area contributed by atoms with Crippen molar-refractivity contribution in [2.45, 2.75) is 52.6 Å². The molecular formula is C13H26N2O4. The molecule has 0 aliphatic rings. The van der Waals surface area contributed by atoms with Crippen molar-refractivity contribution in [3.63, 3.8) is 0 Å². The van der Waals surface area contributed by atoms with Gasteiger partial charge >= 0.3 is 12.0 Å². The zero-order valence-electron chi connectivity index (χ0n) is 12.2. The number of nitrogens with zero attached hydrogens (tertiary/aromatic N) is 1. The topological polar surface area (TPSA) is 89.9 Å². The van der Waals surface area contributed by atoms with E-state index in [4.69, 9.17) is 10.2 Å². The maximum atomic E-state index is 12.2. The minimum atomic E-state index is -1.25. The van der Waals surface area contributed by atoms with E-state index in [1.807, 2.05) is 27.7 Å². The van der Waals surface area contributed by atoms with Gasteiger partial charge in [0.2, 0.25) is 0 Å². The van der Waals surface area contributed by atoms with E-state index in [1.54, 1.807) is 4.90 Å². The van der Waals surface area contributed by atoms with E-state index >= 15 is 0 Å². The maximum Gasteiger partial charge on any atom is 0.328 e. The van der Waals surface area contributed by atoms with Crippen molar-refractivity contribution < 1.29 is 19.8 Å². The molecule has 0 saturated heterocycles. The van der Waals surface area contributed by atoms with Crippen LogP contribution in [0.3, 0.4) is 0 Å². The number of rotatable bonds is 8. The van der Waals surface area contributed by atoms with E-state index in [2.05, 4.69) is 5.32 Å². The summed E-state index contributed by atoms with van der Waals surface area (Å²) < 4.78 is 0. The molecule has 0 fully saturated rings. The third kappa shape index (κ3) is 5.92. The highest BCUT2D eigenvalue weighted by Gasteiger charge is 2.26. The molecule has 112 valence electrons. The van der Waals surface area contributed by atoms with Crippen molar-refractivity contribution in [1.82, 2.24) is 10.2 Å². The van der Waals surface area contributed by atoms with Crippen molar-refractivity contribution in [2.75, 3.05) is 13.2 Å². The molecule has 0 aliphatic carbocycles. The average Bonchev–Trinajstić information content (AvgIpc) is 2.34. The number of aliphatic hydroxyl groups excluding tert-OH is 1. The molecule has 0 heterocycles. The summed E-state index contributed by atoms with van der Waals surface area (Å²) in [6.07, 6.45) is 1.63. The maximum absolute atomic E-state index is 12.2. The number of aliphatic carboxylic acids is 1. The monoisotopic (exact) mass is 274 g/mol. The molecular weight excluding hydrogens is 248 g/mol. The fourth-order valence-electron chi connectivity index (χ4n) is 1.94. The largest absolute Gasteiger partial charge is 0.480 e. The highest BCUT2D eigenvalue weighted by atomic mass is 16.4. The first-order valence-electron chi connectivity index (χ1n) is 6.78. The molecule has 1 atom stereocenters. The molecule has 0 aliphatic heterocycles. The molecule has 0 saturated carbocycles. The van der Waals surface area contributed by atoms with Crippen LogP contribution in [0.2, 0.25) is 0 Å². The lowest BCUT2D eigenvalue weighted by Gasteiger charge is -2.32. The summed E-state index contributed by atoms with van der Waals surface area (Å²) in [4.78, 5) is 24.6. The normalized spacial score (nSPS) is 12.6. The third-order valence-corrected chi connectivity index (χ3v) is 2.98. The number of aliphatic hydroxyl groups is 1. The molecule has 0 unspecified atom stereocenters. The molecule has 0 aromatic rings. The Kier molecular flexibility index (Phi) is 8.14. The van der Waals surface area contributed by atoms with Crippen molar-refractivity contribution in [3.8, 4) is 0 Å². The van der Waals surface area contributed by atoms with Crippen LogP contribution in [0.5, 0.6) is 0 Å². The van der Waals surface area contributed by atoms with E-state index in [-0.39, 0.29) is 6.04 Å². The number of urea groups is 1. The first-order chi connectivity index (χ1) is 8.87. The van der Waals surface area contributed by atoms with Gasteiger partial charge in [0.15, 0.2) is 6.04 Å². The first-order valence-corrected chi connectivity index (χ1v) is 6.78. The lowest BCUT2D eigenvalue weighted by atomic mass is 10.1. The van der Waals surface area contributed by atoms with Crippen LogP contribution < -0.4 is 5.32 Å². The third-order valence-electron chi connectivity index (χ3n) is 2.98. The summed E-state index contributed by atoms with van der Waals surface area (Å²) in [6, 6.07) is -1.60. The standard InChI is InChI=1S/C13H26N2O4/c1-5-10(6-2)15(7-9(3)4)13(19)14-11(8-16)12(17)18/h9-11,16H,5-8H2,1-4H3,(H,14,19)(H,17,18)/t11-/m1/s1. The number of nitrogens with one attached hydrogen (secondary N) is 1. The van der Waals surface area contributed by atoms with E-state index in [9.17, 15) is 9.59 Å². The van der Waals surface area contributed by atoms with Crippen LogP contribution in [0.25, 0.3) is 0 Å². The van der Waals surface area contributed by atoms with Gasteiger partial charge in [-0.15, -0.1) is 0 Å². The molecule has 0 aromatic heterocycles. The predicted octanol–water partition coefficient (Wildman–Crippen LogP) is 1.29. The van der Waals surface area contributed by atoms with Crippen LogP contribution in [0.4, 0.5) is 4.79 Å². The number of carboxylic acid groups (broad SMARTS) is 1. The summed E-state index contributed by atoms with van der Waals surface area (Å²) in [5.74, 6) is -0.936. The van der Waals surface area contributed by atoms with E-state index in [1.165, 1.54) is 0 Å². The number of amides is 2. The number of hydrogen-bond acceptors (Lipinski definition) is 3. The second kappa shape index (κ2) is 8.74. The quantitative estimate of drug-likeness (QED) is 0.622. The van der Waals surface area contributed by atoms with E-state index in [0.717, 1.165) is 12.8 Å². The van der Waals surface area contributed by atoms with Gasteiger partial charge in [0.05, 0.1) is 6.61 Å². The molecule has 0 rings (SSSR count). The van der Waals surface area contributed by atoms with Crippen molar-refractivity contribution in [2.24, 2.45) is 5.92 Å². The van der Waals surface area contributed by atoms with Gasteiger partial charge in [0.25, 0.3) is 0 Å². The molecule has 6 nitrogen and oxygen atoms in total. The van der Waals surface area contributed by atoms with E-state index < -0.39 is 24.6 Å². The lowest BCUT2D eigenvalue weighted by molar-refractivity contribution is -0.140. The summed E-state index contributed by atoms with van der Waals surface area (Å²) >= 11 is 0. The van der Waals surface area contributed by atoms with Crippen molar-refractivity contribution in [3.05, 3.63) is 0 Å². The smallest absolute Gasteiger partial charge is 0.328 e. The van der Waals surface area contributed by atoms with Crippen LogP contribution in [0, 0.1) is 5.92 Å². The van der Waals surface area contributed by atoms with Gasteiger partial charge in [-0.05, 0) is 18.8 Å². The summed E-state index contributed by atoms with van der Waals surface area (Å²) in [6.45, 7) is 7.95. The van der Waals surface area contributed by atoms with Gasteiger partial charge in [-0.25, -0.2) is 9.59 Å². The Labute approximate surface area is 114 Å². The van der Waals surface area contributed by atoms with Crippen molar-refractivity contribution in [1.29, 1.82) is 0 Å². The molecule has 0 spiro atoms. The number of carbonyl (C=O) groups is 2. The number of carboxylic acids is 1. The second-order valence-corrected chi connectivity index (χ2v) is 5.04. The highest BCUT2D eigenvalue weighted by molar-refractivity contribution is 5.82. The Balaban J connectivity index is 4.84. The molecule has 6 heteroatoms. The van der Waals surface area contributed by atoms with Gasteiger partial charge in [-0.2, -0.15) is 0 Å². The number of hydrogen-bond donors (Lipinski definition) is 3. The zero-order chi connectivity index (χ0) is 15.0. The fraction of sp³-hybridized carbons (Fsp3) is 0.846. The molecule has 19 heavy (non-hydrogen) atoms. The minimum Gasteiger partial charge on any atom is -0.480 e. The first kappa shape index (κ1) is 17.7. The van der Waals surface area contributed by atoms with Gasteiger partial charge in [0.1, 0.15) is 0 Å². The summed E-state index contributed by atoms with van der Waals surface area (Å²) in [5.41, 5.74) is 0. The van der Waals surface area contributed by atoms with Crippen molar-refractivity contribution >= 4 is 12.0 Å². The van der Waals surface area contributed by atoms with Gasteiger partial charge in [0, 0.05) is 12.6 Å². The average molecular weight is 274 g/mol. The molecule has 0 radical (unpaired) electrons. The summed E-state index contributed by atoms with van der Waals surface area (Å²) in [7, 11) is 0. The fourth-order valence-corrected chi connectivity index (χ4v) is 1.94. The zero-order valence-corrected chi connectivity index (χ0v) is 12.2. The molecule has 3 N–H and O–H groups in total. The molecule has 0 aromatic carbocycles. The van der Waals surface area contributed by atoms with Crippen LogP contribution in [0.1, 0.15) is 40.5 Å². The molecule has 2 amide bonds. The highest BCUT2D eigenvalue weighted by Crippen LogP contribution is 2.12. The van der Waals surface area contributed by atoms with Crippen LogP contribution in [-0.2, 0) is 4.79 Å². The van der Waals surface area contributed by atoms with Crippen LogP contribution in [-0.4, -0.2) is 52.3 Å². The Morgan fingerprint density at radius 1 is 1.21 bits per heavy atom. The Morgan fingerprint density at radius 2 is 1.74 bits per heavy atom. The predicted molar refractivity (Wildman–Crippen MR) is 73.0 cm³/mol. The lowest BCUT2D eigenvalue weighted by Crippen LogP contribution is -2.53. The SMILES string of the molecule is CCC(CC)N(CC(C)C)C(=O)N[C@H](CO)C(=O)O. The second-order valence-electron chi connectivity index (χ2n) is 5.04. The van der Waals surface area contributed by atoms with Gasteiger partial charge in [-0.1, -0.05) is 27.7 Å². The summed E-state index contributed by atoms with van der Waals surface area (Å²) in [5, 5.41) is 20.2. The molecule has 0 bridgehead atoms. The van der Waals surface area contributed by atoms with Crippen LogP contribution in [0.15, 0.2) is 0 Å². The Hall–Kier alpha value is -1.30. The minimum absolute atomic E-state index is 0.0792. The van der Waals surface area contributed by atoms with Crippen LogP contribution >= 0.6 is 0 Å². The Bertz CT molecular complexity index is 290. The van der Waals surface area contributed by atoms with Gasteiger partial charge in [-0.3, -0.25) is 0 Å². The Morgan fingerprint density at radius 3 is 2.05 bits per heavy atom. The number of carbonyl (C=O) groups excluding carboxylic acids is 1. The van der Waals surface area contributed by atoms with Gasteiger partial charge < -0.3 is 20.4 Å².